The van der Waals surface area contributed by atoms with E-state index in [1.54, 1.807) is 24.9 Å². The molecule has 13 aromatic rings. The van der Waals surface area contributed by atoms with Crippen LogP contribution in [0.3, 0.4) is 0 Å². The van der Waals surface area contributed by atoms with Crippen LogP contribution in [0.1, 0.15) is 57.6 Å². The Morgan fingerprint density at radius 2 is 1.47 bits per heavy atom. The van der Waals surface area contributed by atoms with Gasteiger partial charge in [-0.1, -0.05) is 103 Å². The topological polar surface area (TPSA) is 193 Å². The molecule has 17 rings (SSSR count). The minimum Gasteiger partial charge on any atom is -0.484 e. The molecule has 5 unspecified atom stereocenters. The lowest BCUT2D eigenvalue weighted by atomic mass is 9.81. The summed E-state index contributed by atoms with van der Waals surface area (Å²) in [5.41, 5.74) is 16.8. The van der Waals surface area contributed by atoms with Gasteiger partial charge in [-0.25, -0.2) is 4.98 Å². The van der Waals surface area contributed by atoms with Gasteiger partial charge in [-0.3, -0.25) is 15.1 Å². The van der Waals surface area contributed by atoms with Crippen molar-refractivity contribution in [1.29, 1.82) is 0 Å². The molecule has 16 nitrogen and oxygen atoms in total. The van der Waals surface area contributed by atoms with Gasteiger partial charge in [0.2, 0.25) is 0 Å². The summed E-state index contributed by atoms with van der Waals surface area (Å²) in [5, 5.41) is 27.7. The Balaban J connectivity index is 0.873. The van der Waals surface area contributed by atoms with E-state index in [1.165, 1.54) is 11.1 Å². The molecule has 6 aromatic heterocycles. The summed E-state index contributed by atoms with van der Waals surface area (Å²) in [6, 6.07) is 53.5. The fraction of sp³-hybridized carbons (Fsp3) is 0.138. The zero-order valence-corrected chi connectivity index (χ0v) is 43.3. The number of hydrogen-bond acceptors (Lipinski definition) is 13. The lowest BCUT2D eigenvalue weighted by Gasteiger charge is -2.38. The van der Waals surface area contributed by atoms with E-state index in [0.29, 0.717) is 53.9 Å². The van der Waals surface area contributed by atoms with Crippen molar-refractivity contribution in [1.82, 2.24) is 55.9 Å². The number of anilines is 1. The van der Waals surface area contributed by atoms with Crippen LogP contribution < -0.4 is 29.7 Å². The first-order valence-electron chi connectivity index (χ1n) is 27.4. The summed E-state index contributed by atoms with van der Waals surface area (Å²) in [4.78, 5) is 24.9. The Morgan fingerprint density at radius 1 is 0.642 bits per heavy atom. The van der Waals surface area contributed by atoms with Gasteiger partial charge in [0.25, 0.3) is 6.29 Å². The largest absolute Gasteiger partial charge is 0.484 e. The molecule has 0 saturated carbocycles. The maximum atomic E-state index is 7.48. The van der Waals surface area contributed by atoms with Crippen molar-refractivity contribution >= 4 is 49.5 Å². The quantitative estimate of drug-likeness (QED) is 0.0918. The highest BCUT2D eigenvalue weighted by atomic mass is 16.7. The SMILES string of the molecule is c1cnnc(-c2nccnc2C2CNCCN2c2cccc3c2OC(C2c4ccccc4OC2c2c(-c4c(C5NCc6ccccc65)c(-c5cc6ccccc6[nH]5)c(-c5n[nH]c6ccccc56)c5nc[nH]c45)oc4ccccc24)O3)c1. The molecular formula is C65H48N12O4. The van der Waals surface area contributed by atoms with Crippen molar-refractivity contribution in [2.45, 2.75) is 36.9 Å². The van der Waals surface area contributed by atoms with Crippen LogP contribution in [0.2, 0.25) is 0 Å². The van der Waals surface area contributed by atoms with Gasteiger partial charge in [-0.05, 0) is 71.3 Å². The monoisotopic (exact) mass is 1060 g/mol. The van der Waals surface area contributed by atoms with Crippen molar-refractivity contribution in [3.05, 3.63) is 216 Å². The van der Waals surface area contributed by atoms with Crippen LogP contribution in [-0.2, 0) is 6.54 Å². The van der Waals surface area contributed by atoms with E-state index >= 15 is 0 Å². The zero-order valence-electron chi connectivity index (χ0n) is 43.3. The summed E-state index contributed by atoms with van der Waals surface area (Å²) >= 11 is 0. The molecule has 16 heteroatoms. The molecule has 392 valence electrons. The molecule has 4 aliphatic heterocycles. The molecule has 10 heterocycles. The average Bonchev–Trinajstić information content (AvgIpc) is 4.60. The molecular weight excluding hydrogens is 1010 g/mol. The molecule has 0 bridgehead atoms. The molecule has 1 fully saturated rings. The Kier molecular flexibility index (Phi) is 10.3. The number of fused-ring (bicyclic) bond motifs is 7. The van der Waals surface area contributed by atoms with Crippen LogP contribution >= 0.6 is 0 Å². The standard InChI is InChI=1S/C65H48N12O4/c1-3-15-37-36(14-1)32-69-56(37)53-52(44-31-35-13-2-7-19-41(35)73-44)54(57-38-16-4-8-20-42(38)75-76-57)60-61(71-34-70-60)55(53)64-50(39-17-5-9-23-47(39)79-64)63-51(40-18-6-10-24-48(40)78-63)65-80-49-25-11-22-45(62(49)81-65)77-30-29-66-33-46(77)59-58(67-27-28-68-59)43-21-12-26-72-74-43/h1-28,31,34,46,51,56,63,65-66,69,73H,29-30,32-33H2,(H,70,71)(H,75,76). The Labute approximate surface area is 462 Å². The summed E-state index contributed by atoms with van der Waals surface area (Å²) in [6.07, 6.45) is 5.39. The predicted octanol–water partition coefficient (Wildman–Crippen LogP) is 12.3. The molecule has 7 aromatic carbocycles. The molecule has 0 aliphatic carbocycles. The molecule has 81 heavy (non-hydrogen) atoms. The second-order valence-corrected chi connectivity index (χ2v) is 21.0. The molecule has 5 N–H and O–H groups in total. The van der Waals surface area contributed by atoms with Gasteiger partial charge in [-0.15, -0.1) is 5.10 Å². The minimum atomic E-state index is -0.823. The molecule has 0 radical (unpaired) electrons. The predicted molar refractivity (Wildman–Crippen MR) is 309 cm³/mol. The number of aromatic amines is 3. The third kappa shape index (κ3) is 7.10. The fourth-order valence-electron chi connectivity index (χ4n) is 13.2. The molecule has 0 spiro atoms. The second kappa shape index (κ2) is 18.2. The second-order valence-electron chi connectivity index (χ2n) is 21.0. The average molecular weight is 1060 g/mol. The Bertz CT molecular complexity index is 4590. The van der Waals surface area contributed by atoms with Crippen molar-refractivity contribution < 1.29 is 18.6 Å². The van der Waals surface area contributed by atoms with Crippen molar-refractivity contribution in [2.75, 3.05) is 24.5 Å². The van der Waals surface area contributed by atoms with Gasteiger partial charge in [0.05, 0.1) is 46.3 Å². The van der Waals surface area contributed by atoms with Gasteiger partial charge >= 0.3 is 0 Å². The number of rotatable bonds is 9. The maximum Gasteiger partial charge on any atom is 0.252 e. The Morgan fingerprint density at radius 3 is 2.40 bits per heavy atom. The van der Waals surface area contributed by atoms with Gasteiger partial charge in [0.15, 0.2) is 11.5 Å². The number of H-pyrrole nitrogens is 3. The number of para-hydroxylation sites is 5. The van der Waals surface area contributed by atoms with Crippen LogP contribution in [0.15, 0.2) is 187 Å². The van der Waals surface area contributed by atoms with Gasteiger partial charge in [0.1, 0.15) is 46.2 Å². The number of imidazole rings is 1. The first-order valence-corrected chi connectivity index (χ1v) is 27.4. The van der Waals surface area contributed by atoms with E-state index < -0.39 is 18.3 Å². The summed E-state index contributed by atoms with van der Waals surface area (Å²) in [5.74, 6) is 2.19. The number of piperazine rings is 1. The minimum absolute atomic E-state index is 0.219. The van der Waals surface area contributed by atoms with Gasteiger partial charge < -0.3 is 44.1 Å². The third-order valence-corrected chi connectivity index (χ3v) is 16.7. The number of aromatic nitrogens is 9. The molecule has 4 aliphatic rings. The van der Waals surface area contributed by atoms with Crippen LogP contribution in [-0.4, -0.2) is 71.2 Å². The lowest BCUT2D eigenvalue weighted by Crippen LogP contribution is -2.46. The van der Waals surface area contributed by atoms with Crippen LogP contribution in [0.4, 0.5) is 5.69 Å². The summed E-state index contributed by atoms with van der Waals surface area (Å²) < 4.78 is 29.3. The van der Waals surface area contributed by atoms with Crippen LogP contribution in [0, 0.1) is 0 Å². The highest BCUT2D eigenvalue weighted by Gasteiger charge is 2.50. The summed E-state index contributed by atoms with van der Waals surface area (Å²) in [7, 11) is 0. The van der Waals surface area contributed by atoms with E-state index in [4.69, 9.17) is 38.7 Å². The molecule has 1 saturated heterocycles. The van der Waals surface area contributed by atoms with Crippen molar-refractivity contribution in [2.24, 2.45) is 0 Å². The number of benzene rings is 7. The van der Waals surface area contributed by atoms with Crippen molar-refractivity contribution in [3.8, 4) is 62.5 Å². The van der Waals surface area contributed by atoms with Crippen LogP contribution in [0.5, 0.6) is 17.2 Å². The fourth-order valence-corrected chi connectivity index (χ4v) is 13.2. The van der Waals surface area contributed by atoms with Gasteiger partial charge in [-0.2, -0.15) is 10.2 Å². The van der Waals surface area contributed by atoms with E-state index in [1.807, 2.05) is 54.6 Å². The van der Waals surface area contributed by atoms with Gasteiger partial charge in [0, 0.05) is 100.0 Å². The maximum absolute atomic E-state index is 7.48. The lowest BCUT2D eigenvalue weighted by molar-refractivity contribution is -0.00264. The zero-order chi connectivity index (χ0) is 53.1. The molecule has 0 amide bonds. The Hall–Kier alpha value is -10.2. The molecule has 5 atom stereocenters. The number of furan rings is 1. The first kappa shape index (κ1) is 45.8. The van der Waals surface area contributed by atoms with E-state index in [0.717, 1.165) is 107 Å². The third-order valence-electron chi connectivity index (χ3n) is 16.7. The summed E-state index contributed by atoms with van der Waals surface area (Å²) in [6.45, 7) is 2.72. The van der Waals surface area contributed by atoms with Crippen LogP contribution in [0.25, 0.3) is 89.0 Å². The smallest absolute Gasteiger partial charge is 0.252 e. The number of nitrogens with zero attached hydrogens (tertiary/aromatic N) is 7. The number of ether oxygens (including phenoxy) is 3. The normalized spacial score (nSPS) is 19.2. The van der Waals surface area contributed by atoms with Crippen molar-refractivity contribution in [3.63, 3.8) is 0 Å². The van der Waals surface area contributed by atoms with E-state index in [9.17, 15) is 0 Å². The number of hydrogen-bond donors (Lipinski definition) is 5. The van der Waals surface area contributed by atoms with E-state index in [-0.39, 0.29) is 12.1 Å². The number of nitrogens with one attached hydrogen (secondary N) is 5. The first-order chi connectivity index (χ1) is 40.2. The van der Waals surface area contributed by atoms with E-state index in [2.05, 4.69) is 144 Å². The highest BCUT2D eigenvalue weighted by molar-refractivity contribution is 6.14. The highest BCUT2D eigenvalue weighted by Crippen LogP contribution is 2.59.